The Morgan fingerprint density at radius 3 is 1.73 bits per heavy atom. The molecule has 0 bridgehead atoms. The number of aliphatic hydroxyl groups is 1. The molecule has 3 nitrogen and oxygen atoms in total. The minimum atomic E-state index is -0.0370. The highest BCUT2D eigenvalue weighted by atomic mass is 32.2. The van der Waals surface area contributed by atoms with E-state index in [2.05, 4.69) is 67.4 Å². The molecule has 0 saturated heterocycles. The molecule has 0 fully saturated rings. The van der Waals surface area contributed by atoms with Gasteiger partial charge in [0, 0.05) is 5.69 Å². The standard InChI is InChI=1S/C13H15NOS.C7H16O.C6H6.C5H12.C4H10.C2H2/c1-8(15)12-7-10-6-9-4-2-3-5-11(9)14-13(10)16-12;1-3-5-7(8)6-4-2;1-2-4-6-5-3-1;1-3-5-4-2;1-4(2)3;1-2/h6,12H,2-5,7H2,1H3;7-8H,3-6H2,1-2H3;1-6H;3-5H2,1-2H3;4H,1-3H3;1-2H. The molecule has 2 aliphatic rings. The predicted molar refractivity (Wildman–Crippen MR) is 183 cm³/mol. The van der Waals surface area contributed by atoms with Crippen molar-refractivity contribution in [1.82, 2.24) is 4.98 Å². The second kappa shape index (κ2) is 28.0. The van der Waals surface area contributed by atoms with E-state index in [-0.39, 0.29) is 17.1 Å². The number of carbonyl (C=O) groups excluding carboxylic acids is 1. The number of aryl methyl sites for hydroxylation is 2. The predicted octanol–water partition coefficient (Wildman–Crippen LogP) is 10.3. The Kier molecular flexibility index (Phi) is 28.1. The van der Waals surface area contributed by atoms with Gasteiger partial charge in [-0.2, -0.15) is 0 Å². The van der Waals surface area contributed by atoms with E-state index in [0.717, 1.165) is 49.5 Å². The number of fused-ring (bicyclic) bond motifs is 2. The van der Waals surface area contributed by atoms with Crippen molar-refractivity contribution in [3.05, 3.63) is 59.3 Å². The van der Waals surface area contributed by atoms with Gasteiger partial charge in [-0.05, 0) is 68.9 Å². The molecule has 41 heavy (non-hydrogen) atoms. The third kappa shape index (κ3) is 22.2. The van der Waals surface area contributed by atoms with Gasteiger partial charge in [0.1, 0.15) is 10.8 Å². The van der Waals surface area contributed by atoms with Gasteiger partial charge in [0.25, 0.3) is 0 Å². The number of pyridine rings is 1. The van der Waals surface area contributed by atoms with Crippen molar-refractivity contribution in [3.63, 3.8) is 0 Å². The Bertz CT molecular complexity index is 822. The number of nitrogens with zero attached hydrogens (tertiary/aromatic N) is 1. The maximum absolute atomic E-state index is 11.4. The number of benzene rings is 1. The highest BCUT2D eigenvalue weighted by Gasteiger charge is 2.28. The van der Waals surface area contributed by atoms with Crippen LogP contribution in [0.5, 0.6) is 0 Å². The first kappa shape index (κ1) is 41.0. The summed E-state index contributed by atoms with van der Waals surface area (Å²) in [6.07, 6.45) is 21.9. The normalized spacial score (nSPS) is 14.0. The van der Waals surface area contributed by atoms with Crippen LogP contribution in [0.4, 0.5) is 0 Å². The van der Waals surface area contributed by atoms with Gasteiger partial charge in [0.2, 0.25) is 0 Å². The molecular weight excluding hydrogens is 522 g/mol. The average Bonchev–Trinajstić information content (AvgIpc) is 3.39. The van der Waals surface area contributed by atoms with Crippen molar-refractivity contribution in [2.24, 2.45) is 5.92 Å². The number of terminal acetylenes is 1. The monoisotopic (exact) mass is 583 g/mol. The van der Waals surface area contributed by atoms with E-state index in [9.17, 15) is 4.79 Å². The minimum Gasteiger partial charge on any atom is -0.393 e. The van der Waals surface area contributed by atoms with Gasteiger partial charge >= 0.3 is 0 Å². The van der Waals surface area contributed by atoms with Crippen LogP contribution in [0.25, 0.3) is 0 Å². The zero-order valence-corrected chi connectivity index (χ0v) is 28.4. The number of aromatic nitrogens is 1. The largest absolute Gasteiger partial charge is 0.393 e. The molecule has 1 unspecified atom stereocenters. The lowest BCUT2D eigenvalue weighted by atomic mass is 9.94. The van der Waals surface area contributed by atoms with Gasteiger partial charge in [0.15, 0.2) is 0 Å². The van der Waals surface area contributed by atoms with Crippen molar-refractivity contribution < 1.29 is 9.90 Å². The van der Waals surface area contributed by atoms with E-state index < -0.39 is 0 Å². The lowest BCUT2D eigenvalue weighted by Crippen LogP contribution is -2.11. The Balaban J connectivity index is 0. The van der Waals surface area contributed by atoms with Crippen LogP contribution in [0.2, 0.25) is 0 Å². The number of hydrogen-bond acceptors (Lipinski definition) is 4. The zero-order valence-electron chi connectivity index (χ0n) is 27.6. The second-order valence-corrected chi connectivity index (χ2v) is 12.3. The van der Waals surface area contributed by atoms with Gasteiger partial charge in [0.05, 0.1) is 11.4 Å². The van der Waals surface area contributed by atoms with E-state index in [1.54, 1.807) is 18.7 Å². The zero-order chi connectivity index (χ0) is 31.5. The fraction of sp³-hybridized carbons (Fsp3) is 0.622. The summed E-state index contributed by atoms with van der Waals surface area (Å²) in [6, 6.07) is 14.3. The second-order valence-electron chi connectivity index (χ2n) is 11.2. The molecule has 1 aromatic heterocycles. The first-order chi connectivity index (χ1) is 19.7. The molecule has 2 heterocycles. The summed E-state index contributed by atoms with van der Waals surface area (Å²) in [5.41, 5.74) is 4.00. The number of thioether (sulfide) groups is 1. The number of rotatable bonds is 7. The van der Waals surface area contributed by atoms with Crippen molar-refractivity contribution in [2.45, 2.75) is 149 Å². The number of aliphatic hydroxyl groups excluding tert-OH is 1. The number of hydrogen-bond donors (Lipinski definition) is 1. The Labute approximate surface area is 258 Å². The van der Waals surface area contributed by atoms with E-state index in [0.29, 0.717) is 0 Å². The van der Waals surface area contributed by atoms with Crippen LogP contribution in [-0.4, -0.2) is 27.2 Å². The molecule has 4 heteroatoms. The molecule has 1 aliphatic heterocycles. The van der Waals surface area contributed by atoms with Gasteiger partial charge in [-0.25, -0.2) is 4.98 Å². The quantitative estimate of drug-likeness (QED) is 0.329. The first-order valence-electron chi connectivity index (χ1n) is 15.9. The van der Waals surface area contributed by atoms with Crippen LogP contribution >= 0.6 is 11.8 Å². The fourth-order valence-corrected chi connectivity index (χ4v) is 5.22. The van der Waals surface area contributed by atoms with Crippen LogP contribution in [0, 0.1) is 18.8 Å². The molecule has 1 atom stereocenters. The van der Waals surface area contributed by atoms with Crippen LogP contribution in [-0.2, 0) is 24.1 Å². The van der Waals surface area contributed by atoms with Crippen molar-refractivity contribution in [3.8, 4) is 12.8 Å². The average molecular weight is 584 g/mol. The third-order valence-electron chi connectivity index (χ3n) is 6.07. The van der Waals surface area contributed by atoms with E-state index in [1.165, 1.54) is 55.3 Å². The Morgan fingerprint density at radius 2 is 1.34 bits per heavy atom. The molecule has 0 spiro atoms. The number of unbranched alkanes of at least 4 members (excludes halogenated alkanes) is 2. The summed E-state index contributed by atoms with van der Waals surface area (Å²) in [5.74, 6) is 1.11. The summed E-state index contributed by atoms with van der Waals surface area (Å²) in [7, 11) is 0. The molecular formula is C37H61NO2S. The first-order valence-corrected chi connectivity index (χ1v) is 16.8. The van der Waals surface area contributed by atoms with Crippen LogP contribution in [0.15, 0.2) is 47.5 Å². The lowest BCUT2D eigenvalue weighted by Gasteiger charge is -2.15. The molecule has 4 rings (SSSR count). The van der Waals surface area contributed by atoms with Crippen LogP contribution in [0.3, 0.4) is 0 Å². The summed E-state index contributed by atoms with van der Waals surface area (Å²) in [6.45, 7) is 16.8. The molecule has 0 amide bonds. The lowest BCUT2D eigenvalue weighted by molar-refractivity contribution is -0.116. The van der Waals surface area contributed by atoms with Crippen molar-refractivity contribution in [2.75, 3.05) is 0 Å². The topological polar surface area (TPSA) is 50.2 Å². The van der Waals surface area contributed by atoms with E-state index in [1.807, 2.05) is 36.4 Å². The summed E-state index contributed by atoms with van der Waals surface area (Å²) < 4.78 is 0. The maximum Gasteiger partial charge on any atom is 0.143 e. The van der Waals surface area contributed by atoms with Crippen LogP contribution in [0.1, 0.15) is 130 Å². The molecule has 0 saturated carbocycles. The molecule has 1 aromatic carbocycles. The van der Waals surface area contributed by atoms with E-state index >= 15 is 0 Å². The van der Waals surface area contributed by atoms with Crippen molar-refractivity contribution >= 4 is 17.5 Å². The van der Waals surface area contributed by atoms with Gasteiger partial charge < -0.3 is 5.11 Å². The summed E-state index contributed by atoms with van der Waals surface area (Å²) >= 11 is 1.66. The fourth-order valence-electron chi connectivity index (χ4n) is 4.06. The highest BCUT2D eigenvalue weighted by Crippen LogP contribution is 2.38. The molecule has 1 aliphatic carbocycles. The number of carbonyl (C=O) groups is 1. The van der Waals surface area contributed by atoms with Gasteiger partial charge in [-0.15, -0.1) is 12.8 Å². The maximum atomic E-state index is 11.4. The number of ketones is 1. The Morgan fingerprint density at radius 1 is 0.878 bits per heavy atom. The van der Waals surface area contributed by atoms with Crippen LogP contribution < -0.4 is 0 Å². The molecule has 2 aromatic rings. The third-order valence-corrected chi connectivity index (χ3v) is 7.43. The smallest absolute Gasteiger partial charge is 0.143 e. The summed E-state index contributed by atoms with van der Waals surface area (Å²) in [4.78, 5) is 16.1. The van der Waals surface area contributed by atoms with Gasteiger partial charge in [-0.1, -0.05) is 135 Å². The Hall–Kier alpha value is -2.09. The van der Waals surface area contributed by atoms with Crippen molar-refractivity contribution in [1.29, 1.82) is 0 Å². The highest BCUT2D eigenvalue weighted by molar-refractivity contribution is 8.00. The minimum absolute atomic E-state index is 0.0370. The molecule has 232 valence electrons. The molecule has 1 N–H and O–H groups in total. The molecule has 0 radical (unpaired) electrons. The summed E-state index contributed by atoms with van der Waals surface area (Å²) in [5, 5.41) is 10.3. The SMILES string of the molecule is C#C.CC(=O)C1Cc2cc3c(nc2S1)CCCC3.CC(C)C.CCCC(O)CCC.CCCCC.c1ccccc1. The van der Waals surface area contributed by atoms with E-state index in [4.69, 9.17) is 10.1 Å². The van der Waals surface area contributed by atoms with Gasteiger partial charge in [-0.3, -0.25) is 4.79 Å². The number of Topliss-reactive ketones (excluding diaryl/α,β-unsaturated/α-hetero) is 1.